The predicted molar refractivity (Wildman–Crippen MR) is 101 cm³/mol. The van der Waals surface area contributed by atoms with Crippen LogP contribution in [-0.2, 0) is 4.79 Å². The van der Waals surface area contributed by atoms with Crippen molar-refractivity contribution < 1.29 is 23.8 Å². The second-order valence-electron chi connectivity index (χ2n) is 5.79. The first-order chi connectivity index (χ1) is 13.0. The number of rotatable bonds is 7. The zero-order valence-corrected chi connectivity index (χ0v) is 15.9. The van der Waals surface area contributed by atoms with Gasteiger partial charge in [0.25, 0.3) is 11.8 Å². The van der Waals surface area contributed by atoms with E-state index >= 15 is 0 Å². The SMILES string of the molecule is CCC(Oc1ccccc1C)C(=O)NNC(=O)c1ccc(OC)c(OC)c1. The predicted octanol–water partition coefficient (Wildman–Crippen LogP) is 2.63. The molecule has 0 spiro atoms. The minimum Gasteiger partial charge on any atom is -0.493 e. The average molecular weight is 372 g/mol. The van der Waals surface area contributed by atoms with Crippen molar-refractivity contribution in [2.24, 2.45) is 0 Å². The molecule has 0 aromatic heterocycles. The van der Waals surface area contributed by atoms with Crippen LogP contribution in [0, 0.1) is 6.92 Å². The number of benzene rings is 2. The summed E-state index contributed by atoms with van der Waals surface area (Å²) in [5.41, 5.74) is 6.04. The highest BCUT2D eigenvalue weighted by Crippen LogP contribution is 2.27. The normalized spacial score (nSPS) is 11.3. The molecule has 1 atom stereocenters. The fourth-order valence-corrected chi connectivity index (χ4v) is 2.41. The van der Waals surface area contributed by atoms with Crippen molar-refractivity contribution in [2.75, 3.05) is 14.2 Å². The van der Waals surface area contributed by atoms with E-state index in [2.05, 4.69) is 10.9 Å². The molecule has 0 heterocycles. The summed E-state index contributed by atoms with van der Waals surface area (Å²) < 4.78 is 16.1. The highest BCUT2D eigenvalue weighted by atomic mass is 16.5. The molecule has 27 heavy (non-hydrogen) atoms. The highest BCUT2D eigenvalue weighted by Gasteiger charge is 2.20. The summed E-state index contributed by atoms with van der Waals surface area (Å²) in [5, 5.41) is 0. The summed E-state index contributed by atoms with van der Waals surface area (Å²) in [7, 11) is 2.99. The lowest BCUT2D eigenvalue weighted by Gasteiger charge is -2.19. The van der Waals surface area contributed by atoms with Crippen LogP contribution in [-0.4, -0.2) is 32.1 Å². The quantitative estimate of drug-likeness (QED) is 0.730. The van der Waals surface area contributed by atoms with E-state index in [1.807, 2.05) is 32.0 Å². The first kappa shape index (κ1) is 20.1. The molecule has 0 radical (unpaired) electrons. The number of amides is 2. The topological polar surface area (TPSA) is 85.9 Å². The molecule has 2 amide bonds. The zero-order chi connectivity index (χ0) is 19.8. The fourth-order valence-electron chi connectivity index (χ4n) is 2.41. The smallest absolute Gasteiger partial charge is 0.279 e. The first-order valence-corrected chi connectivity index (χ1v) is 8.54. The van der Waals surface area contributed by atoms with Crippen molar-refractivity contribution in [3.8, 4) is 17.2 Å². The van der Waals surface area contributed by atoms with Gasteiger partial charge in [-0.1, -0.05) is 25.1 Å². The Hall–Kier alpha value is -3.22. The standard InChI is InChI=1S/C20H24N2O5/c1-5-15(27-16-9-7-6-8-13(16)2)20(24)22-21-19(23)14-10-11-17(25-3)18(12-14)26-4/h6-12,15H,5H2,1-4H3,(H,21,23)(H,22,24). The highest BCUT2D eigenvalue weighted by molar-refractivity contribution is 5.96. The number of hydrogen-bond acceptors (Lipinski definition) is 5. The van der Waals surface area contributed by atoms with E-state index in [1.165, 1.54) is 20.3 Å². The Balaban J connectivity index is 1.99. The summed E-state index contributed by atoms with van der Waals surface area (Å²) in [6.45, 7) is 3.73. The van der Waals surface area contributed by atoms with Gasteiger partial charge in [-0.25, -0.2) is 0 Å². The van der Waals surface area contributed by atoms with E-state index in [0.29, 0.717) is 29.2 Å². The molecule has 7 heteroatoms. The number of methoxy groups -OCH3 is 2. The second kappa shape index (κ2) is 9.47. The van der Waals surface area contributed by atoms with Crippen LogP contribution in [0.5, 0.6) is 17.2 Å². The Morgan fingerprint density at radius 2 is 1.67 bits per heavy atom. The number of carbonyl (C=O) groups excluding carboxylic acids is 2. The molecule has 0 aliphatic heterocycles. The van der Waals surface area contributed by atoms with Gasteiger partial charge in [-0.05, 0) is 43.2 Å². The van der Waals surface area contributed by atoms with Crippen LogP contribution in [0.3, 0.4) is 0 Å². The Labute approximate surface area is 158 Å². The Kier molecular flexibility index (Phi) is 7.05. The zero-order valence-electron chi connectivity index (χ0n) is 15.9. The van der Waals surface area contributed by atoms with Gasteiger partial charge in [0.1, 0.15) is 5.75 Å². The van der Waals surface area contributed by atoms with Gasteiger partial charge in [0.05, 0.1) is 14.2 Å². The van der Waals surface area contributed by atoms with Crippen LogP contribution in [0.15, 0.2) is 42.5 Å². The molecule has 0 aliphatic carbocycles. The molecule has 7 nitrogen and oxygen atoms in total. The van der Waals surface area contributed by atoms with Crippen molar-refractivity contribution in [1.29, 1.82) is 0 Å². The number of nitrogens with one attached hydrogen (secondary N) is 2. The summed E-state index contributed by atoms with van der Waals surface area (Å²) in [6.07, 6.45) is -0.274. The molecule has 2 aromatic carbocycles. The summed E-state index contributed by atoms with van der Waals surface area (Å²) in [5.74, 6) is 0.650. The Morgan fingerprint density at radius 1 is 0.963 bits per heavy atom. The molecule has 2 N–H and O–H groups in total. The summed E-state index contributed by atoms with van der Waals surface area (Å²) >= 11 is 0. The number of hydrazine groups is 1. The molecule has 144 valence electrons. The van der Waals surface area contributed by atoms with Crippen molar-refractivity contribution in [3.05, 3.63) is 53.6 Å². The number of para-hydroxylation sites is 1. The summed E-state index contributed by atoms with van der Waals surface area (Å²) in [6, 6.07) is 12.2. The molecule has 0 saturated heterocycles. The lowest BCUT2D eigenvalue weighted by Crippen LogP contribution is -2.48. The van der Waals surface area contributed by atoms with Gasteiger partial charge in [0.15, 0.2) is 17.6 Å². The molecule has 1 unspecified atom stereocenters. The number of aryl methyl sites for hydroxylation is 1. The maximum Gasteiger partial charge on any atom is 0.279 e. The molecule has 2 rings (SSSR count). The fraction of sp³-hybridized carbons (Fsp3) is 0.300. The minimum absolute atomic E-state index is 0.320. The van der Waals surface area contributed by atoms with Gasteiger partial charge < -0.3 is 14.2 Å². The van der Waals surface area contributed by atoms with Crippen LogP contribution in [0.1, 0.15) is 29.3 Å². The number of hydrogen-bond donors (Lipinski definition) is 2. The van der Waals surface area contributed by atoms with Crippen LogP contribution in [0.4, 0.5) is 0 Å². The largest absolute Gasteiger partial charge is 0.493 e. The Bertz CT molecular complexity index is 807. The van der Waals surface area contributed by atoms with Gasteiger partial charge in [-0.15, -0.1) is 0 Å². The molecular weight excluding hydrogens is 348 g/mol. The lowest BCUT2D eigenvalue weighted by atomic mass is 10.2. The van der Waals surface area contributed by atoms with Crippen LogP contribution in [0.2, 0.25) is 0 Å². The third-order valence-electron chi connectivity index (χ3n) is 3.97. The second-order valence-corrected chi connectivity index (χ2v) is 5.79. The minimum atomic E-state index is -0.725. The third kappa shape index (κ3) is 5.13. The third-order valence-corrected chi connectivity index (χ3v) is 3.97. The van der Waals surface area contributed by atoms with E-state index in [-0.39, 0.29) is 0 Å². The van der Waals surface area contributed by atoms with Crippen LogP contribution >= 0.6 is 0 Å². The van der Waals surface area contributed by atoms with Gasteiger partial charge in [0, 0.05) is 5.56 Å². The van der Waals surface area contributed by atoms with Crippen molar-refractivity contribution in [3.63, 3.8) is 0 Å². The molecule has 0 aliphatic rings. The molecule has 0 bridgehead atoms. The van der Waals surface area contributed by atoms with Gasteiger partial charge in [-0.3, -0.25) is 20.4 Å². The van der Waals surface area contributed by atoms with Gasteiger partial charge >= 0.3 is 0 Å². The Morgan fingerprint density at radius 3 is 2.30 bits per heavy atom. The van der Waals surface area contributed by atoms with Crippen molar-refractivity contribution >= 4 is 11.8 Å². The van der Waals surface area contributed by atoms with Crippen molar-refractivity contribution in [2.45, 2.75) is 26.4 Å². The number of carbonyl (C=O) groups is 2. The maximum absolute atomic E-state index is 12.4. The van der Waals surface area contributed by atoms with Crippen LogP contribution in [0.25, 0.3) is 0 Å². The average Bonchev–Trinajstić information content (AvgIpc) is 2.70. The monoisotopic (exact) mass is 372 g/mol. The van der Waals surface area contributed by atoms with E-state index < -0.39 is 17.9 Å². The molecule has 2 aromatic rings. The van der Waals surface area contributed by atoms with Crippen LogP contribution < -0.4 is 25.1 Å². The van der Waals surface area contributed by atoms with E-state index in [4.69, 9.17) is 14.2 Å². The first-order valence-electron chi connectivity index (χ1n) is 8.54. The lowest BCUT2D eigenvalue weighted by molar-refractivity contribution is -0.128. The van der Waals surface area contributed by atoms with E-state index in [9.17, 15) is 9.59 Å². The van der Waals surface area contributed by atoms with Gasteiger partial charge in [-0.2, -0.15) is 0 Å². The molecule has 0 saturated carbocycles. The van der Waals surface area contributed by atoms with Crippen molar-refractivity contribution in [1.82, 2.24) is 10.9 Å². The molecular formula is C20H24N2O5. The van der Waals surface area contributed by atoms with E-state index in [0.717, 1.165) is 5.56 Å². The maximum atomic E-state index is 12.4. The van der Waals surface area contributed by atoms with E-state index in [1.54, 1.807) is 18.2 Å². The van der Waals surface area contributed by atoms with Gasteiger partial charge in [0.2, 0.25) is 0 Å². The summed E-state index contributed by atoms with van der Waals surface area (Å²) in [4.78, 5) is 24.6. The number of ether oxygens (including phenoxy) is 3. The molecule has 0 fully saturated rings.